The normalized spacial score (nSPS) is 9.38. The van der Waals surface area contributed by atoms with E-state index in [1.807, 2.05) is 37.3 Å². The van der Waals surface area contributed by atoms with E-state index in [9.17, 15) is 0 Å². The third-order valence-corrected chi connectivity index (χ3v) is 1.29. The summed E-state index contributed by atoms with van der Waals surface area (Å²) in [6, 6.07) is 9.64. The highest BCUT2D eigenvalue weighted by Crippen LogP contribution is 1.98. The Bertz CT molecular complexity index is 215. The Morgan fingerprint density at radius 3 is 2.15 bits per heavy atom. The van der Waals surface area contributed by atoms with Crippen LogP contribution in [0.25, 0.3) is 6.08 Å². The summed E-state index contributed by atoms with van der Waals surface area (Å²) in [5, 5.41) is 16.2. The summed E-state index contributed by atoms with van der Waals surface area (Å²) in [4.78, 5) is 0. The van der Waals surface area contributed by atoms with Gasteiger partial charge in [-0.2, -0.15) is 0 Å². The second kappa shape index (κ2) is 8.81. The van der Waals surface area contributed by atoms with Crippen molar-refractivity contribution in [3.05, 3.63) is 42.2 Å². The molecule has 0 bridgehead atoms. The molecule has 0 aliphatic heterocycles. The summed E-state index contributed by atoms with van der Waals surface area (Å²) in [5.74, 6) is 0. The van der Waals surface area contributed by atoms with Crippen molar-refractivity contribution in [2.45, 2.75) is 13.3 Å². The van der Waals surface area contributed by atoms with Crippen LogP contribution in [-0.2, 0) is 0 Å². The Kier molecular flexibility index (Phi) is 7.95. The van der Waals surface area contributed by atoms with Gasteiger partial charge < -0.3 is 10.2 Å². The van der Waals surface area contributed by atoms with Crippen molar-refractivity contribution in [2.24, 2.45) is 0 Å². The molecule has 0 saturated carbocycles. The van der Waals surface area contributed by atoms with Gasteiger partial charge in [-0.05, 0) is 18.1 Å². The Hall–Kier alpha value is -1.28. The Morgan fingerprint density at radius 2 is 1.77 bits per heavy atom. The van der Waals surface area contributed by atoms with Crippen molar-refractivity contribution >= 4 is 6.08 Å². The van der Waals surface area contributed by atoms with Gasteiger partial charge in [0.05, 0.1) is 6.26 Å². The molecule has 0 spiro atoms. The van der Waals surface area contributed by atoms with E-state index in [4.69, 9.17) is 10.2 Å². The van der Waals surface area contributed by atoms with Crippen LogP contribution in [0, 0.1) is 0 Å². The number of hydrogen-bond acceptors (Lipinski definition) is 2. The number of rotatable bonds is 2. The smallest absolute Gasteiger partial charge is 0.0797 e. The topological polar surface area (TPSA) is 40.5 Å². The first-order chi connectivity index (χ1) is 6.35. The zero-order chi connectivity index (χ0) is 9.94. The van der Waals surface area contributed by atoms with Crippen LogP contribution >= 0.6 is 0 Å². The fourth-order valence-corrected chi connectivity index (χ4v) is 0.650. The van der Waals surface area contributed by atoms with Gasteiger partial charge in [-0.3, -0.25) is 0 Å². The lowest BCUT2D eigenvalue weighted by Gasteiger charge is -1.86. The van der Waals surface area contributed by atoms with Crippen LogP contribution in [0.15, 0.2) is 36.6 Å². The molecule has 1 aromatic rings. The van der Waals surface area contributed by atoms with Gasteiger partial charge in [0.1, 0.15) is 0 Å². The Balaban J connectivity index is 0.000000310. The van der Waals surface area contributed by atoms with Crippen molar-refractivity contribution < 1.29 is 10.2 Å². The lowest BCUT2D eigenvalue weighted by Crippen LogP contribution is -1.69. The zero-order valence-electron chi connectivity index (χ0n) is 7.85. The second-order valence-corrected chi connectivity index (χ2v) is 2.45. The SMILES string of the molecule is CCCO.OC=Cc1ccccc1. The monoisotopic (exact) mass is 180 g/mol. The predicted octanol–water partition coefficient (Wildman–Crippen LogP) is 2.60. The second-order valence-electron chi connectivity index (χ2n) is 2.45. The predicted molar refractivity (Wildman–Crippen MR) is 55.5 cm³/mol. The van der Waals surface area contributed by atoms with E-state index in [1.165, 1.54) is 0 Å². The maximum absolute atomic E-state index is 8.34. The minimum atomic E-state index is 0.319. The first kappa shape index (κ1) is 11.7. The summed E-state index contributed by atoms with van der Waals surface area (Å²) >= 11 is 0. The molecule has 0 aromatic heterocycles. The minimum absolute atomic E-state index is 0.319. The molecule has 72 valence electrons. The fraction of sp³-hybridized carbons (Fsp3) is 0.273. The van der Waals surface area contributed by atoms with Crippen LogP contribution in [0.3, 0.4) is 0 Å². The molecule has 1 rings (SSSR count). The van der Waals surface area contributed by atoms with Gasteiger partial charge in [0.25, 0.3) is 0 Å². The lowest BCUT2D eigenvalue weighted by molar-refractivity contribution is 0.295. The largest absolute Gasteiger partial charge is 0.516 e. The Morgan fingerprint density at radius 1 is 1.23 bits per heavy atom. The minimum Gasteiger partial charge on any atom is -0.516 e. The molecule has 0 heterocycles. The molecule has 0 amide bonds. The van der Waals surface area contributed by atoms with E-state index in [2.05, 4.69) is 0 Å². The highest BCUT2D eigenvalue weighted by atomic mass is 16.3. The standard InChI is InChI=1S/C8H8O.C3H8O/c9-7-6-8-4-2-1-3-5-8;1-2-3-4/h1-7,9H;4H,2-3H2,1H3. The van der Waals surface area contributed by atoms with Crippen molar-refractivity contribution in [3.8, 4) is 0 Å². The average Bonchev–Trinajstić information content (AvgIpc) is 2.20. The molecule has 0 radical (unpaired) electrons. The third-order valence-electron chi connectivity index (χ3n) is 1.29. The zero-order valence-corrected chi connectivity index (χ0v) is 7.85. The van der Waals surface area contributed by atoms with E-state index >= 15 is 0 Å². The first-order valence-corrected chi connectivity index (χ1v) is 4.31. The van der Waals surface area contributed by atoms with E-state index in [-0.39, 0.29) is 0 Å². The summed E-state index contributed by atoms with van der Waals surface area (Å²) in [7, 11) is 0. The van der Waals surface area contributed by atoms with E-state index < -0.39 is 0 Å². The molecule has 0 aliphatic carbocycles. The number of benzene rings is 1. The molecule has 2 N–H and O–H groups in total. The summed E-state index contributed by atoms with van der Waals surface area (Å²) in [6.45, 7) is 2.25. The van der Waals surface area contributed by atoms with Gasteiger partial charge in [0.2, 0.25) is 0 Å². The highest BCUT2D eigenvalue weighted by molar-refractivity contribution is 5.47. The first-order valence-electron chi connectivity index (χ1n) is 4.31. The molecule has 13 heavy (non-hydrogen) atoms. The fourth-order valence-electron chi connectivity index (χ4n) is 0.650. The van der Waals surface area contributed by atoms with E-state index in [0.717, 1.165) is 18.2 Å². The number of aliphatic hydroxyl groups excluding tert-OH is 2. The third kappa shape index (κ3) is 7.09. The molecule has 0 unspecified atom stereocenters. The quantitative estimate of drug-likeness (QED) is 0.687. The highest BCUT2D eigenvalue weighted by Gasteiger charge is 1.78. The molecule has 1 aromatic carbocycles. The van der Waals surface area contributed by atoms with E-state index in [1.54, 1.807) is 6.08 Å². The number of hydrogen-bond donors (Lipinski definition) is 2. The summed E-state index contributed by atoms with van der Waals surface area (Å²) in [6.07, 6.45) is 3.55. The van der Waals surface area contributed by atoms with Crippen LogP contribution < -0.4 is 0 Å². The van der Waals surface area contributed by atoms with Gasteiger partial charge in [0.15, 0.2) is 0 Å². The van der Waals surface area contributed by atoms with Crippen LogP contribution in [0.2, 0.25) is 0 Å². The van der Waals surface area contributed by atoms with Crippen molar-refractivity contribution in [2.75, 3.05) is 6.61 Å². The van der Waals surface area contributed by atoms with Gasteiger partial charge in [-0.1, -0.05) is 37.3 Å². The summed E-state index contributed by atoms with van der Waals surface area (Å²) < 4.78 is 0. The van der Waals surface area contributed by atoms with Gasteiger partial charge in [-0.25, -0.2) is 0 Å². The van der Waals surface area contributed by atoms with Gasteiger partial charge >= 0.3 is 0 Å². The molecule has 2 heteroatoms. The molecule has 0 saturated heterocycles. The maximum Gasteiger partial charge on any atom is 0.0797 e. The molecular formula is C11H16O2. The average molecular weight is 180 g/mol. The molecule has 0 atom stereocenters. The van der Waals surface area contributed by atoms with Crippen molar-refractivity contribution in [1.82, 2.24) is 0 Å². The van der Waals surface area contributed by atoms with Crippen LogP contribution in [0.5, 0.6) is 0 Å². The maximum atomic E-state index is 8.34. The Labute approximate surface area is 79.2 Å². The lowest BCUT2D eigenvalue weighted by atomic mass is 10.2. The van der Waals surface area contributed by atoms with Crippen LogP contribution in [0.4, 0.5) is 0 Å². The van der Waals surface area contributed by atoms with Crippen LogP contribution in [-0.4, -0.2) is 16.8 Å². The summed E-state index contributed by atoms with van der Waals surface area (Å²) in [5.41, 5.74) is 1.01. The molecule has 0 aliphatic rings. The number of aliphatic hydroxyl groups is 2. The van der Waals surface area contributed by atoms with Gasteiger partial charge in [-0.15, -0.1) is 0 Å². The van der Waals surface area contributed by atoms with Crippen molar-refractivity contribution in [3.63, 3.8) is 0 Å². The van der Waals surface area contributed by atoms with Crippen molar-refractivity contribution in [1.29, 1.82) is 0 Å². The van der Waals surface area contributed by atoms with E-state index in [0.29, 0.717) is 6.61 Å². The molecular weight excluding hydrogens is 164 g/mol. The van der Waals surface area contributed by atoms with Crippen LogP contribution in [0.1, 0.15) is 18.9 Å². The van der Waals surface area contributed by atoms with Gasteiger partial charge in [0, 0.05) is 6.61 Å². The molecule has 2 nitrogen and oxygen atoms in total. The molecule has 0 fully saturated rings.